The van der Waals surface area contributed by atoms with Gasteiger partial charge in [-0.15, -0.1) is 0 Å². The van der Waals surface area contributed by atoms with Crippen molar-refractivity contribution in [2.24, 2.45) is 0 Å². The number of rotatable bonds is 1. The summed E-state index contributed by atoms with van der Waals surface area (Å²) < 4.78 is 0. The molecule has 0 radical (unpaired) electrons. The monoisotopic (exact) mass is 236 g/mol. The minimum atomic E-state index is 0.794. The Kier molecular flexibility index (Phi) is 2.97. The van der Waals surface area contributed by atoms with Gasteiger partial charge in [0.2, 0.25) is 0 Å². The van der Waals surface area contributed by atoms with E-state index < -0.39 is 0 Å². The van der Waals surface area contributed by atoms with E-state index in [0.717, 1.165) is 37.5 Å². The van der Waals surface area contributed by atoms with Crippen molar-refractivity contribution in [1.82, 2.24) is 0 Å². The Balaban J connectivity index is 1.96. The van der Waals surface area contributed by atoms with Gasteiger partial charge in [0.05, 0.1) is 0 Å². The fraction of sp³-hybridized carbons (Fsp3) is 0.235. The Hall–Kier alpha value is -1.89. The highest BCUT2D eigenvalue weighted by Crippen LogP contribution is 2.22. The number of hydrogen-bond acceptors (Lipinski definition) is 1. The van der Waals surface area contributed by atoms with Gasteiger partial charge in [-0.25, -0.2) is 0 Å². The number of aryl methyl sites for hydroxylation is 4. The van der Waals surface area contributed by atoms with Crippen LogP contribution in [0.15, 0.2) is 42.5 Å². The van der Waals surface area contributed by atoms with Gasteiger partial charge >= 0.3 is 0 Å². The van der Waals surface area contributed by atoms with E-state index >= 15 is 0 Å². The molecule has 2 aromatic rings. The lowest BCUT2D eigenvalue weighted by atomic mass is 9.88. The van der Waals surface area contributed by atoms with Crippen LogP contribution in [0, 0.1) is 0 Å². The highest BCUT2D eigenvalue weighted by Gasteiger charge is 2.11. The molecular weight excluding hydrogens is 220 g/mol. The zero-order valence-corrected chi connectivity index (χ0v) is 10.4. The Morgan fingerprint density at radius 3 is 1.89 bits per heavy atom. The van der Waals surface area contributed by atoms with Crippen molar-refractivity contribution in [3.8, 4) is 0 Å². The number of aldehydes is 1. The third-order valence-electron chi connectivity index (χ3n) is 3.81. The molecule has 2 aromatic carbocycles. The fourth-order valence-corrected chi connectivity index (χ4v) is 2.78. The lowest BCUT2D eigenvalue weighted by Crippen LogP contribution is -2.07. The second-order valence-electron chi connectivity index (χ2n) is 4.91. The summed E-state index contributed by atoms with van der Waals surface area (Å²) in [7, 11) is 0. The van der Waals surface area contributed by atoms with Gasteiger partial charge in [-0.2, -0.15) is 0 Å². The van der Waals surface area contributed by atoms with Crippen molar-refractivity contribution in [3.05, 3.63) is 70.3 Å². The maximum atomic E-state index is 10.8. The molecule has 0 aliphatic heterocycles. The van der Waals surface area contributed by atoms with Crippen LogP contribution < -0.4 is 0 Å². The summed E-state index contributed by atoms with van der Waals surface area (Å²) in [6.07, 6.45) is 5.22. The maximum Gasteiger partial charge on any atom is 0.150 e. The van der Waals surface area contributed by atoms with Crippen LogP contribution in [0.2, 0.25) is 0 Å². The van der Waals surface area contributed by atoms with E-state index in [0.29, 0.717) is 0 Å². The smallest absolute Gasteiger partial charge is 0.150 e. The van der Waals surface area contributed by atoms with Gasteiger partial charge in [0.1, 0.15) is 6.29 Å². The third kappa shape index (κ3) is 2.08. The average Bonchev–Trinajstić information content (AvgIpc) is 2.41. The van der Waals surface area contributed by atoms with E-state index in [9.17, 15) is 4.79 Å². The molecule has 0 aromatic heterocycles. The number of carbonyl (C=O) groups excluding carboxylic acids is 1. The molecule has 0 bridgehead atoms. The molecule has 18 heavy (non-hydrogen) atoms. The van der Waals surface area contributed by atoms with Crippen molar-refractivity contribution < 1.29 is 4.79 Å². The van der Waals surface area contributed by atoms with E-state index in [1.807, 2.05) is 6.07 Å². The first-order chi connectivity index (χ1) is 8.86. The molecule has 3 rings (SSSR count). The molecule has 0 unspecified atom stereocenters. The molecule has 0 fully saturated rings. The molecule has 1 heteroatoms. The Morgan fingerprint density at radius 1 is 0.722 bits per heavy atom. The third-order valence-corrected chi connectivity index (χ3v) is 3.81. The number of benzene rings is 2. The predicted octanol–water partition coefficient (Wildman–Crippen LogP) is 3.38. The molecule has 90 valence electrons. The van der Waals surface area contributed by atoms with Crippen LogP contribution in [0.25, 0.3) is 0 Å². The van der Waals surface area contributed by atoms with Crippen LogP contribution in [-0.2, 0) is 25.7 Å². The van der Waals surface area contributed by atoms with Crippen molar-refractivity contribution in [2.45, 2.75) is 25.7 Å². The van der Waals surface area contributed by atoms with E-state index in [2.05, 4.69) is 36.4 Å². The van der Waals surface area contributed by atoms with Gasteiger partial charge < -0.3 is 0 Å². The highest BCUT2D eigenvalue weighted by molar-refractivity contribution is 5.75. The molecule has 0 amide bonds. The summed E-state index contributed by atoms with van der Waals surface area (Å²) >= 11 is 0. The lowest BCUT2D eigenvalue weighted by Gasteiger charge is -2.17. The Labute approximate surface area is 107 Å². The summed E-state index contributed by atoms with van der Waals surface area (Å²) in [4.78, 5) is 10.8. The minimum Gasteiger partial charge on any atom is -0.298 e. The van der Waals surface area contributed by atoms with Crippen molar-refractivity contribution >= 4 is 6.29 Å². The average molecular weight is 236 g/mol. The van der Waals surface area contributed by atoms with E-state index in [1.54, 1.807) is 0 Å². The Morgan fingerprint density at radius 2 is 1.28 bits per heavy atom. The molecule has 0 heterocycles. The summed E-state index contributed by atoms with van der Waals surface area (Å²) in [5.41, 5.74) is 6.47. The second-order valence-corrected chi connectivity index (χ2v) is 4.91. The van der Waals surface area contributed by atoms with Crippen LogP contribution in [-0.4, -0.2) is 6.29 Å². The quantitative estimate of drug-likeness (QED) is 0.694. The number of carbonyl (C=O) groups is 1. The van der Waals surface area contributed by atoms with E-state index in [1.165, 1.54) is 22.3 Å². The molecule has 0 atom stereocenters. The van der Waals surface area contributed by atoms with Gasteiger partial charge in [-0.3, -0.25) is 4.79 Å². The van der Waals surface area contributed by atoms with Gasteiger partial charge in [0, 0.05) is 5.56 Å². The van der Waals surface area contributed by atoms with E-state index in [-0.39, 0.29) is 0 Å². The summed E-state index contributed by atoms with van der Waals surface area (Å²) in [6, 6.07) is 14.8. The number of hydrogen-bond donors (Lipinski definition) is 0. The zero-order valence-electron chi connectivity index (χ0n) is 10.4. The van der Waals surface area contributed by atoms with Gasteiger partial charge in [0.25, 0.3) is 0 Å². The molecule has 0 saturated carbocycles. The molecular formula is C17H16O. The van der Waals surface area contributed by atoms with Crippen LogP contribution in [0.4, 0.5) is 0 Å². The first-order valence-electron chi connectivity index (χ1n) is 6.50. The summed E-state index contributed by atoms with van der Waals surface area (Å²) in [6.45, 7) is 0. The topological polar surface area (TPSA) is 17.1 Å². The van der Waals surface area contributed by atoms with Crippen LogP contribution in [0.3, 0.4) is 0 Å². The zero-order chi connectivity index (χ0) is 12.4. The molecule has 0 saturated heterocycles. The van der Waals surface area contributed by atoms with Crippen molar-refractivity contribution in [3.63, 3.8) is 0 Å². The summed E-state index contributed by atoms with van der Waals surface area (Å²) in [5.74, 6) is 0. The molecule has 1 aliphatic carbocycles. The van der Waals surface area contributed by atoms with Gasteiger partial charge in [-0.05, 0) is 54.0 Å². The van der Waals surface area contributed by atoms with Gasteiger partial charge in [-0.1, -0.05) is 36.4 Å². The fourth-order valence-electron chi connectivity index (χ4n) is 2.78. The molecule has 1 aliphatic rings. The van der Waals surface area contributed by atoms with Crippen LogP contribution in [0.1, 0.15) is 32.6 Å². The SMILES string of the molecule is O=Cc1ccc2c(c1)CCc1ccccc1CC2. The standard InChI is InChI=1S/C17H16O/c18-12-13-5-6-16-8-7-14-3-1-2-4-15(14)9-10-17(16)11-13/h1-6,11-12H,7-10H2. The van der Waals surface area contributed by atoms with Crippen molar-refractivity contribution in [2.75, 3.05) is 0 Å². The van der Waals surface area contributed by atoms with E-state index in [4.69, 9.17) is 0 Å². The first-order valence-corrected chi connectivity index (χ1v) is 6.50. The maximum absolute atomic E-state index is 10.8. The van der Waals surface area contributed by atoms with Crippen molar-refractivity contribution in [1.29, 1.82) is 0 Å². The second kappa shape index (κ2) is 4.77. The first kappa shape index (κ1) is 11.2. The largest absolute Gasteiger partial charge is 0.298 e. The van der Waals surface area contributed by atoms with Crippen LogP contribution in [0.5, 0.6) is 0 Å². The van der Waals surface area contributed by atoms with Crippen LogP contribution >= 0.6 is 0 Å². The lowest BCUT2D eigenvalue weighted by molar-refractivity contribution is 0.112. The molecule has 1 nitrogen and oxygen atoms in total. The van der Waals surface area contributed by atoms with Gasteiger partial charge in [0.15, 0.2) is 0 Å². The normalized spacial score (nSPS) is 14.0. The minimum absolute atomic E-state index is 0.794. The highest BCUT2D eigenvalue weighted by atomic mass is 16.1. The number of fused-ring (bicyclic) bond motifs is 2. The molecule has 0 N–H and O–H groups in total. The molecule has 0 spiro atoms. The Bertz CT molecular complexity index is 584. The summed E-state index contributed by atoms with van der Waals surface area (Å²) in [5, 5.41) is 0. The predicted molar refractivity (Wildman–Crippen MR) is 73.1 cm³/mol.